The Bertz CT molecular complexity index is 3800. The van der Waals surface area contributed by atoms with Gasteiger partial charge in [-0.1, -0.05) is 271 Å². The predicted octanol–water partition coefficient (Wildman–Crippen LogP) is 26.1. The van der Waals surface area contributed by atoms with Crippen LogP contribution >= 0.6 is 0 Å². The van der Waals surface area contributed by atoms with Gasteiger partial charge in [-0.3, -0.25) is 28.8 Å². The topological polar surface area (TPSA) is 263 Å². The van der Waals surface area contributed by atoms with Crippen molar-refractivity contribution in [2.75, 3.05) is 52.4 Å². The van der Waals surface area contributed by atoms with Gasteiger partial charge in [-0.2, -0.15) is 20.8 Å². The van der Waals surface area contributed by atoms with Crippen LogP contribution in [-0.2, 0) is 0 Å². The zero-order valence-corrected chi connectivity index (χ0v) is 77.4. The molecule has 8 atom stereocenters. The van der Waals surface area contributed by atoms with E-state index in [2.05, 4.69) is 121 Å². The SMILES string of the molecule is CCCCC(CC)CN(CC(CC)CCCC)C(=O)c1cc(/N=N/c2c(C)c(C#N)c(=O)n(-c3cccc(-n4c(O)c(/N=N/c5cc(C(=O)N(CC(CC)CCCC)CC(CC)CCCC)cc(C(=O)N(CC(CC)CCCC)CC(CC)CCCC)c5)c(C)c(C#N)c4=O)c3)c2O)cc(C(=O)N(CC(CC)CCCC)CC(CC)CCCC)c1. The van der Waals surface area contributed by atoms with E-state index in [1.54, 1.807) is 36.4 Å². The summed E-state index contributed by atoms with van der Waals surface area (Å²) in [6.07, 6.45) is 31.3. The van der Waals surface area contributed by atoms with E-state index in [1.807, 2.05) is 31.7 Å². The molecule has 4 amide bonds. The zero-order chi connectivity index (χ0) is 88.4. The van der Waals surface area contributed by atoms with E-state index in [1.165, 1.54) is 38.1 Å². The maximum atomic E-state index is 15.7. The van der Waals surface area contributed by atoms with Gasteiger partial charge in [0.2, 0.25) is 11.8 Å². The van der Waals surface area contributed by atoms with E-state index in [9.17, 15) is 30.3 Å². The van der Waals surface area contributed by atoms with Gasteiger partial charge in [-0.05, 0) is 167 Å². The molecule has 3 aromatic carbocycles. The Balaban J connectivity index is 1.82. The summed E-state index contributed by atoms with van der Waals surface area (Å²) in [5.74, 6) is -0.424. The number of pyridine rings is 2. The standard InChI is InChI=1S/C100H154N12O8/c1-19-35-44-73(27-9)63-107(64-74(28-10)45-36-20-2)93(113)81-54-82(94(114)108(65-75(29-11)46-37-21-3)66-76(30-12)47-38-22-4)57-85(56-81)103-105-91-71(17)89(61-101)97(117)111(99(91)119)87-52-43-53-88(60-87)112-98(118)90(62-102)72(18)92(100(112)120)106-104-86-58-83(95(115)109(67-77(31-13)48-39-23-5)68-78(32-14)49-40-24-6)55-84(59-86)96(116)110(69-79(33-15)50-41-25-7)70-80(34-16)51-42-26-8/h43,52-60,73-80,119-120H,19-42,44-51,63-70H2,1-18H3/b105-103+,106-104+. The molecule has 2 heterocycles. The predicted molar refractivity (Wildman–Crippen MR) is 491 cm³/mol. The summed E-state index contributed by atoms with van der Waals surface area (Å²) in [6.45, 7) is 42.1. The number of amides is 4. The molecule has 0 aliphatic heterocycles. The van der Waals surface area contributed by atoms with E-state index in [4.69, 9.17) is 10.2 Å². The average molecular weight is 1650 g/mol. The van der Waals surface area contributed by atoms with E-state index in [0.717, 1.165) is 215 Å². The molecule has 0 fully saturated rings. The van der Waals surface area contributed by atoms with Crippen LogP contribution in [0.5, 0.6) is 11.8 Å². The molecule has 5 rings (SSSR count). The minimum Gasteiger partial charge on any atom is -0.493 e. The summed E-state index contributed by atoms with van der Waals surface area (Å²) >= 11 is 0. The number of nitrogens with zero attached hydrogens (tertiary/aromatic N) is 12. The van der Waals surface area contributed by atoms with E-state index < -0.39 is 34.0 Å². The summed E-state index contributed by atoms with van der Waals surface area (Å²) < 4.78 is 1.70. The molecule has 0 aliphatic carbocycles. The maximum Gasteiger partial charge on any atom is 0.276 e. The summed E-state index contributed by atoms with van der Waals surface area (Å²) in [5, 5.41) is 65.8. The van der Waals surface area contributed by atoms with E-state index >= 15 is 19.2 Å². The minimum absolute atomic E-state index is 0.00921. The number of azo groups is 2. The van der Waals surface area contributed by atoms with Crippen molar-refractivity contribution in [3.05, 3.63) is 126 Å². The molecule has 0 bridgehead atoms. The van der Waals surface area contributed by atoms with Crippen LogP contribution in [0.4, 0.5) is 22.7 Å². The van der Waals surface area contributed by atoms with Gasteiger partial charge in [0.15, 0.2) is 11.4 Å². The number of benzene rings is 3. The van der Waals surface area contributed by atoms with Crippen molar-refractivity contribution in [1.82, 2.24) is 28.7 Å². The highest BCUT2D eigenvalue weighted by Gasteiger charge is 2.32. The fraction of sp³-hybridized carbons (Fsp3) is 0.660. The van der Waals surface area contributed by atoms with Crippen LogP contribution in [0.2, 0.25) is 0 Å². The molecule has 0 aliphatic rings. The summed E-state index contributed by atoms with van der Waals surface area (Å²) in [7, 11) is 0. The first-order valence-corrected chi connectivity index (χ1v) is 47.1. The molecule has 8 unspecified atom stereocenters. The Hall–Kier alpha value is -8.78. The third kappa shape index (κ3) is 29.8. The third-order valence-electron chi connectivity index (χ3n) is 25.4. The van der Waals surface area contributed by atoms with Gasteiger partial charge >= 0.3 is 0 Å². The molecule has 2 N–H and O–H groups in total. The second-order valence-electron chi connectivity index (χ2n) is 34.5. The first-order valence-electron chi connectivity index (χ1n) is 47.1. The molecule has 2 aromatic heterocycles. The van der Waals surface area contributed by atoms with Crippen LogP contribution < -0.4 is 11.1 Å². The van der Waals surface area contributed by atoms with Crippen LogP contribution in [0.25, 0.3) is 11.4 Å². The quantitative estimate of drug-likeness (QED) is 0.0348. The molecule has 0 radical (unpaired) electrons. The van der Waals surface area contributed by atoms with Gasteiger partial charge < -0.3 is 29.8 Å². The molecule has 0 saturated heterocycles. The van der Waals surface area contributed by atoms with Crippen LogP contribution in [0.3, 0.4) is 0 Å². The number of carbonyl (C=O) groups excluding carboxylic acids is 4. The van der Waals surface area contributed by atoms with Gasteiger partial charge in [-0.15, -0.1) is 10.2 Å². The van der Waals surface area contributed by atoms with Gasteiger partial charge in [0.1, 0.15) is 23.3 Å². The number of nitriles is 2. The van der Waals surface area contributed by atoms with Crippen molar-refractivity contribution in [3.8, 4) is 35.3 Å². The number of carbonyl (C=O) groups is 4. The fourth-order valence-corrected chi connectivity index (χ4v) is 16.8. The molecule has 20 heteroatoms. The second kappa shape index (κ2) is 54.6. The Labute approximate surface area is 722 Å². The van der Waals surface area contributed by atoms with Crippen LogP contribution in [0, 0.1) is 83.9 Å². The van der Waals surface area contributed by atoms with Gasteiger partial charge in [0, 0.05) is 85.7 Å². The van der Waals surface area contributed by atoms with Gasteiger partial charge in [0.05, 0.1) is 22.7 Å². The van der Waals surface area contributed by atoms with Crippen molar-refractivity contribution in [3.63, 3.8) is 0 Å². The lowest BCUT2D eigenvalue weighted by Gasteiger charge is -2.32. The molecule has 5 aromatic rings. The first kappa shape index (κ1) is 102. The summed E-state index contributed by atoms with van der Waals surface area (Å²) in [5.41, 5.74) is -2.12. The van der Waals surface area contributed by atoms with Gasteiger partial charge in [-0.25, -0.2) is 9.13 Å². The number of hydrogen-bond donors (Lipinski definition) is 2. The van der Waals surface area contributed by atoms with Crippen LogP contribution in [0.1, 0.15) is 380 Å². The molecular formula is C100H154N12O8. The highest BCUT2D eigenvalue weighted by Crippen LogP contribution is 2.39. The highest BCUT2D eigenvalue weighted by atomic mass is 16.3. The largest absolute Gasteiger partial charge is 0.493 e. The highest BCUT2D eigenvalue weighted by molar-refractivity contribution is 6.02. The number of rotatable bonds is 58. The lowest BCUT2D eigenvalue weighted by molar-refractivity contribution is 0.0669. The fourth-order valence-electron chi connectivity index (χ4n) is 16.8. The Morgan fingerprint density at radius 1 is 0.342 bits per heavy atom. The summed E-state index contributed by atoms with van der Waals surface area (Å²) in [4.78, 5) is 100. The number of unbranched alkanes of at least 4 members (excludes halogenated alkanes) is 8. The lowest BCUT2D eigenvalue weighted by Crippen LogP contribution is -2.40. The monoisotopic (exact) mass is 1650 g/mol. The molecule has 0 saturated carbocycles. The minimum atomic E-state index is -0.948. The average Bonchev–Trinajstić information content (AvgIpc) is 0.756. The normalized spacial score (nSPS) is 13.7. The molecular weight excluding hydrogens is 1500 g/mol. The Kier molecular flexibility index (Phi) is 46.3. The first-order chi connectivity index (χ1) is 57.9. The lowest BCUT2D eigenvalue weighted by atomic mass is 9.94. The van der Waals surface area contributed by atoms with Crippen molar-refractivity contribution >= 4 is 46.4 Å². The van der Waals surface area contributed by atoms with Crippen molar-refractivity contribution in [2.45, 2.75) is 330 Å². The Morgan fingerprint density at radius 2 is 0.550 bits per heavy atom. The zero-order valence-electron chi connectivity index (χ0n) is 77.4. The Morgan fingerprint density at radius 3 is 0.733 bits per heavy atom. The smallest absolute Gasteiger partial charge is 0.276 e. The van der Waals surface area contributed by atoms with E-state index in [0.29, 0.717) is 52.4 Å². The maximum absolute atomic E-state index is 15.7. The molecule has 0 spiro atoms. The van der Waals surface area contributed by atoms with Crippen LogP contribution in [0.15, 0.2) is 90.7 Å². The number of aromatic hydroxyl groups is 2. The number of hydrogen-bond acceptors (Lipinski definition) is 14. The van der Waals surface area contributed by atoms with Crippen molar-refractivity contribution in [1.29, 1.82) is 10.5 Å². The van der Waals surface area contributed by atoms with E-state index in [-0.39, 0.29) is 138 Å². The van der Waals surface area contributed by atoms with Crippen LogP contribution in [-0.4, -0.2) is 115 Å². The van der Waals surface area contributed by atoms with Crippen molar-refractivity contribution < 1.29 is 29.4 Å². The number of aromatic nitrogens is 2. The second-order valence-corrected chi connectivity index (χ2v) is 34.5. The third-order valence-corrected chi connectivity index (χ3v) is 25.4. The van der Waals surface area contributed by atoms with Gasteiger partial charge in [0.25, 0.3) is 34.7 Å². The molecule has 662 valence electrons. The summed E-state index contributed by atoms with van der Waals surface area (Å²) in [6, 6.07) is 19.7. The van der Waals surface area contributed by atoms with Crippen molar-refractivity contribution in [2.24, 2.45) is 67.8 Å². The molecule has 120 heavy (non-hydrogen) atoms. The molecule has 20 nitrogen and oxygen atoms in total.